The normalized spacial score (nSPS) is 15.9. The smallest absolute Gasteiger partial charge is 0.341 e. The number of hydrogen-bond acceptors (Lipinski definition) is 6. The van der Waals surface area contributed by atoms with Crippen LogP contribution in [-0.2, 0) is 35.2 Å². The predicted octanol–water partition coefficient (Wildman–Crippen LogP) is 2.44. The third-order valence-corrected chi connectivity index (χ3v) is 3.31. The van der Waals surface area contributed by atoms with Crippen LogP contribution in [0.4, 0.5) is 0 Å². The summed E-state index contributed by atoms with van der Waals surface area (Å²) in [6.07, 6.45) is 2.68. The van der Waals surface area contributed by atoms with E-state index in [-0.39, 0.29) is 12.2 Å². The predicted molar refractivity (Wildman–Crippen MR) is 84.3 cm³/mol. The summed E-state index contributed by atoms with van der Waals surface area (Å²) in [5.41, 5.74) is 1.14. The Morgan fingerprint density at radius 2 is 1.62 bits per heavy atom. The van der Waals surface area contributed by atoms with Crippen molar-refractivity contribution >= 4 is 17.7 Å². The second-order valence-corrected chi connectivity index (χ2v) is 5.28. The molecule has 1 aromatic rings. The fraction of sp³-hybridized carbons (Fsp3) is 0.278. The van der Waals surface area contributed by atoms with Crippen LogP contribution >= 0.6 is 0 Å². The third-order valence-electron chi connectivity index (χ3n) is 3.31. The van der Waals surface area contributed by atoms with E-state index in [0.29, 0.717) is 5.76 Å². The first kappa shape index (κ1) is 17.5. The summed E-state index contributed by atoms with van der Waals surface area (Å²) in [6.45, 7) is 4.06. The fourth-order valence-corrected chi connectivity index (χ4v) is 2.26. The van der Waals surface area contributed by atoms with E-state index in [9.17, 15) is 14.4 Å². The van der Waals surface area contributed by atoms with Gasteiger partial charge in [-0.05, 0) is 18.6 Å². The Hall–Kier alpha value is -2.89. The molecule has 0 aromatic heterocycles. The number of hydrogen-bond donors (Lipinski definition) is 0. The number of esters is 2. The molecule has 126 valence electrons. The monoisotopic (exact) mass is 330 g/mol. The lowest BCUT2D eigenvalue weighted by atomic mass is 9.97. The van der Waals surface area contributed by atoms with Gasteiger partial charge in [0.1, 0.15) is 12.4 Å². The maximum atomic E-state index is 12.6. The zero-order valence-electron chi connectivity index (χ0n) is 13.7. The Labute approximate surface area is 139 Å². The number of ether oxygens (including phenoxy) is 3. The van der Waals surface area contributed by atoms with Crippen LogP contribution in [0.3, 0.4) is 0 Å². The summed E-state index contributed by atoms with van der Waals surface area (Å²) in [5, 5.41) is 0. The molecule has 0 fully saturated rings. The molecule has 0 radical (unpaired) electrons. The fourth-order valence-electron chi connectivity index (χ4n) is 2.26. The van der Waals surface area contributed by atoms with Crippen molar-refractivity contribution in [3.63, 3.8) is 0 Å². The third kappa shape index (κ3) is 3.90. The van der Waals surface area contributed by atoms with Gasteiger partial charge in [0.2, 0.25) is 0 Å². The van der Waals surface area contributed by atoms with E-state index < -0.39 is 23.5 Å². The Morgan fingerprint density at radius 3 is 2.17 bits per heavy atom. The first-order valence-electron chi connectivity index (χ1n) is 7.35. The Bertz CT molecular complexity index is 698. The molecule has 6 heteroatoms. The molecule has 24 heavy (non-hydrogen) atoms. The molecule has 0 amide bonds. The second kappa shape index (κ2) is 7.12. The summed E-state index contributed by atoms with van der Waals surface area (Å²) in [7, 11) is 0. The maximum absolute atomic E-state index is 12.6. The van der Waals surface area contributed by atoms with Gasteiger partial charge in [0.05, 0.1) is 0 Å². The molecule has 0 unspecified atom stereocenters. The van der Waals surface area contributed by atoms with Crippen LogP contribution in [0, 0.1) is 0 Å². The molecule has 2 rings (SSSR count). The Kier molecular flexibility index (Phi) is 5.18. The van der Waals surface area contributed by atoms with Crippen LogP contribution < -0.4 is 0 Å². The zero-order chi connectivity index (χ0) is 17.7. The highest BCUT2D eigenvalue weighted by Crippen LogP contribution is 2.29. The average molecular weight is 330 g/mol. The molecular weight excluding hydrogens is 312 g/mol. The number of carbonyl (C=O) groups is 3. The molecule has 6 nitrogen and oxygen atoms in total. The van der Waals surface area contributed by atoms with Gasteiger partial charge in [-0.2, -0.15) is 0 Å². The first-order valence-corrected chi connectivity index (χ1v) is 7.35. The van der Waals surface area contributed by atoms with Crippen LogP contribution in [-0.4, -0.2) is 23.5 Å². The standard InChI is InChI=1S/C18H18O6/c1-12-16(22-11-15-7-5-4-6-8-15)9-10-18(17(12)21,23-13(2)19)24-14(3)20/h4-10H,11H2,1-3H3. The van der Waals surface area contributed by atoms with E-state index in [1.54, 1.807) is 0 Å². The van der Waals surface area contributed by atoms with Crippen LogP contribution in [0.1, 0.15) is 26.3 Å². The lowest BCUT2D eigenvalue weighted by Gasteiger charge is -2.30. The lowest BCUT2D eigenvalue weighted by Crippen LogP contribution is -2.47. The zero-order valence-corrected chi connectivity index (χ0v) is 13.7. The van der Waals surface area contributed by atoms with Crippen molar-refractivity contribution in [3.8, 4) is 0 Å². The van der Waals surface area contributed by atoms with Crippen molar-refractivity contribution < 1.29 is 28.6 Å². The summed E-state index contributed by atoms with van der Waals surface area (Å²) in [4.78, 5) is 35.2. The Balaban J connectivity index is 2.21. The number of ketones is 1. The molecular formula is C18H18O6. The van der Waals surface area contributed by atoms with Gasteiger partial charge in [0, 0.05) is 25.5 Å². The van der Waals surface area contributed by atoms with Gasteiger partial charge < -0.3 is 14.2 Å². The summed E-state index contributed by atoms with van der Waals surface area (Å²) in [6, 6.07) is 9.45. The molecule has 0 N–H and O–H groups in total. The van der Waals surface area contributed by atoms with Crippen molar-refractivity contribution in [2.75, 3.05) is 0 Å². The van der Waals surface area contributed by atoms with Crippen molar-refractivity contribution in [1.82, 2.24) is 0 Å². The number of allylic oxidation sites excluding steroid dienone is 1. The topological polar surface area (TPSA) is 78.9 Å². The minimum absolute atomic E-state index is 0.205. The highest BCUT2D eigenvalue weighted by molar-refractivity contribution is 6.05. The highest BCUT2D eigenvalue weighted by Gasteiger charge is 2.46. The van der Waals surface area contributed by atoms with Gasteiger partial charge in [-0.25, -0.2) is 0 Å². The SMILES string of the molecule is CC(=O)OC1(OC(C)=O)C=CC(OCc2ccccc2)=C(C)C1=O. The van der Waals surface area contributed by atoms with Crippen molar-refractivity contribution in [2.24, 2.45) is 0 Å². The van der Waals surface area contributed by atoms with Gasteiger partial charge in [-0.1, -0.05) is 30.3 Å². The largest absolute Gasteiger partial charge is 0.489 e. The molecule has 0 atom stereocenters. The van der Waals surface area contributed by atoms with Gasteiger partial charge in [0.15, 0.2) is 0 Å². The molecule has 0 spiro atoms. The van der Waals surface area contributed by atoms with E-state index in [1.807, 2.05) is 30.3 Å². The second-order valence-electron chi connectivity index (χ2n) is 5.28. The van der Waals surface area contributed by atoms with Crippen molar-refractivity contribution in [1.29, 1.82) is 0 Å². The van der Waals surface area contributed by atoms with E-state index in [2.05, 4.69) is 0 Å². The molecule has 0 saturated heterocycles. The summed E-state index contributed by atoms with van der Waals surface area (Å²) >= 11 is 0. The number of benzene rings is 1. The minimum atomic E-state index is -2.07. The number of rotatable bonds is 5. The van der Waals surface area contributed by atoms with Crippen molar-refractivity contribution in [2.45, 2.75) is 33.2 Å². The first-order chi connectivity index (χ1) is 11.3. The quantitative estimate of drug-likeness (QED) is 0.609. The molecule has 0 saturated carbocycles. The summed E-state index contributed by atoms with van der Waals surface area (Å²) in [5.74, 6) is -3.87. The molecule has 0 bridgehead atoms. The number of Topliss-reactive ketones (excluding diaryl/α,β-unsaturated/α-hetero) is 1. The molecule has 0 aliphatic heterocycles. The molecule has 0 heterocycles. The van der Waals surface area contributed by atoms with E-state index in [4.69, 9.17) is 14.2 Å². The maximum Gasteiger partial charge on any atom is 0.341 e. The van der Waals surface area contributed by atoms with Gasteiger partial charge in [0.25, 0.3) is 5.78 Å². The Morgan fingerprint density at radius 1 is 1.04 bits per heavy atom. The average Bonchev–Trinajstić information content (AvgIpc) is 2.52. The van der Waals surface area contributed by atoms with Gasteiger partial charge in [-0.15, -0.1) is 0 Å². The highest BCUT2D eigenvalue weighted by atomic mass is 16.7. The van der Waals surface area contributed by atoms with Gasteiger partial charge in [-0.3, -0.25) is 14.4 Å². The number of carbonyl (C=O) groups excluding carboxylic acids is 3. The van der Waals surface area contributed by atoms with Crippen LogP contribution in [0.25, 0.3) is 0 Å². The van der Waals surface area contributed by atoms with Crippen LogP contribution in [0.2, 0.25) is 0 Å². The van der Waals surface area contributed by atoms with Crippen molar-refractivity contribution in [3.05, 3.63) is 59.4 Å². The van der Waals surface area contributed by atoms with Crippen LogP contribution in [0.5, 0.6) is 0 Å². The molecule has 1 aromatic carbocycles. The minimum Gasteiger partial charge on any atom is -0.489 e. The van der Waals surface area contributed by atoms with E-state index in [1.165, 1.54) is 19.1 Å². The van der Waals surface area contributed by atoms with E-state index in [0.717, 1.165) is 19.4 Å². The molecule has 1 aliphatic carbocycles. The summed E-state index contributed by atoms with van der Waals surface area (Å²) < 4.78 is 15.6. The van der Waals surface area contributed by atoms with Crippen LogP contribution in [0.15, 0.2) is 53.8 Å². The van der Waals surface area contributed by atoms with Gasteiger partial charge >= 0.3 is 17.7 Å². The molecule has 1 aliphatic rings. The lowest BCUT2D eigenvalue weighted by molar-refractivity contribution is -0.208. The van der Waals surface area contributed by atoms with E-state index >= 15 is 0 Å².